The summed E-state index contributed by atoms with van der Waals surface area (Å²) in [5.41, 5.74) is 1.34. The summed E-state index contributed by atoms with van der Waals surface area (Å²) in [7, 11) is 0. The smallest absolute Gasteiger partial charge is 0.339 e. The number of rotatable bonds is 34. The van der Waals surface area contributed by atoms with Crippen molar-refractivity contribution in [2.24, 2.45) is 0 Å². The van der Waals surface area contributed by atoms with E-state index in [4.69, 9.17) is 29.2 Å². The molecule has 0 amide bonds. The van der Waals surface area contributed by atoms with E-state index in [0.717, 1.165) is 51.4 Å². The van der Waals surface area contributed by atoms with Gasteiger partial charge >= 0.3 is 35.8 Å². The number of hydrogen-bond acceptors (Lipinski definition) is 10. The molecule has 0 aromatic heterocycles. The number of carbonyl (C=O) groups is 6. The van der Waals surface area contributed by atoms with Crippen molar-refractivity contribution < 1.29 is 57.9 Å². The van der Waals surface area contributed by atoms with Gasteiger partial charge in [0.05, 0.1) is 59.8 Å². The summed E-state index contributed by atoms with van der Waals surface area (Å²) < 4.78 is 21.4. The highest BCUT2D eigenvalue weighted by Gasteiger charge is 2.20. The van der Waals surface area contributed by atoms with Crippen LogP contribution in [-0.4, -0.2) is 72.5 Å². The van der Waals surface area contributed by atoms with Crippen LogP contribution in [0.15, 0.2) is 72.8 Å². The Morgan fingerprint density at radius 1 is 0.309 bits per heavy atom. The molecule has 0 heterocycles. The van der Waals surface area contributed by atoms with Crippen LogP contribution in [0.4, 0.5) is 0 Å². The number of hydrogen-bond donors (Lipinski definition) is 2. The fourth-order valence-electron chi connectivity index (χ4n) is 6.93. The van der Waals surface area contributed by atoms with Crippen LogP contribution in [0.1, 0.15) is 244 Å². The van der Waals surface area contributed by atoms with E-state index in [2.05, 4.69) is 27.7 Å². The highest BCUT2D eigenvalue weighted by atomic mass is 16.5. The predicted molar refractivity (Wildman–Crippen MR) is 268 cm³/mol. The van der Waals surface area contributed by atoms with Crippen molar-refractivity contribution in [1.82, 2.24) is 0 Å². The van der Waals surface area contributed by atoms with Crippen molar-refractivity contribution in [2.75, 3.05) is 26.4 Å². The minimum absolute atomic E-state index is 0.0833. The Balaban J connectivity index is 0.000000549. The van der Waals surface area contributed by atoms with E-state index in [-0.39, 0.29) is 11.1 Å². The van der Waals surface area contributed by atoms with Gasteiger partial charge in [0.1, 0.15) is 0 Å². The molecule has 0 saturated heterocycles. The molecule has 0 aliphatic rings. The Morgan fingerprint density at radius 3 is 0.691 bits per heavy atom. The molecule has 2 N–H and O–H groups in total. The number of benzene rings is 3. The van der Waals surface area contributed by atoms with E-state index in [1.54, 1.807) is 48.5 Å². The van der Waals surface area contributed by atoms with Crippen LogP contribution in [0, 0.1) is 0 Å². The van der Waals surface area contributed by atoms with Gasteiger partial charge in [-0.1, -0.05) is 180 Å². The highest BCUT2D eigenvalue weighted by molar-refractivity contribution is 6.04. The second-order valence-corrected chi connectivity index (χ2v) is 16.9. The van der Waals surface area contributed by atoms with Gasteiger partial charge in [-0.2, -0.15) is 0 Å². The molecule has 0 fully saturated rings. The van der Waals surface area contributed by atoms with Gasteiger partial charge in [0.2, 0.25) is 0 Å². The van der Waals surface area contributed by atoms with Gasteiger partial charge in [0.25, 0.3) is 0 Å². The summed E-state index contributed by atoms with van der Waals surface area (Å²) in [6.45, 7) is 10.3. The van der Waals surface area contributed by atoms with Crippen LogP contribution < -0.4 is 0 Å². The van der Waals surface area contributed by atoms with E-state index >= 15 is 0 Å². The minimum Gasteiger partial charge on any atom is -0.478 e. The maximum absolute atomic E-state index is 12.4. The molecule has 3 rings (SSSR count). The standard InChI is InChI=1S/2C24H38O4.C8H6O4/c2*1-3-5-7-9-11-15-19-27-23(25)21-17-13-14-18-22(21)24(26)28-20-16-12-10-8-6-4-2;9-7(10)5-1-2-6(4-3-5)8(11)12/h2*13-14,17-18H,3-12,15-16,19-20H2,1-2H3;1-4H,(H,9,10)(H,11,12). The second kappa shape index (κ2) is 40.5. The molecule has 378 valence electrons. The van der Waals surface area contributed by atoms with E-state index in [0.29, 0.717) is 48.7 Å². The van der Waals surface area contributed by atoms with E-state index in [9.17, 15) is 28.8 Å². The molecule has 3 aromatic carbocycles. The fourth-order valence-corrected chi connectivity index (χ4v) is 6.93. The third kappa shape index (κ3) is 28.6. The van der Waals surface area contributed by atoms with Crippen molar-refractivity contribution in [3.63, 3.8) is 0 Å². The van der Waals surface area contributed by atoms with Crippen LogP contribution >= 0.6 is 0 Å². The SMILES string of the molecule is CCCCCCCCOC(=O)c1ccccc1C(=O)OCCCCCCCC.CCCCCCCCOC(=O)c1ccccc1C(=O)OCCCCCCCC.O=C(O)c1ccc(C(=O)O)cc1. The van der Waals surface area contributed by atoms with Crippen LogP contribution in [0.25, 0.3) is 0 Å². The van der Waals surface area contributed by atoms with Crippen LogP contribution in [-0.2, 0) is 18.9 Å². The Hall–Kier alpha value is -5.52. The fraction of sp³-hybridized carbons (Fsp3) is 0.571. The Bertz CT molecular complexity index is 1610. The summed E-state index contributed by atoms with van der Waals surface area (Å²) in [5.74, 6) is -3.90. The summed E-state index contributed by atoms with van der Waals surface area (Å²) in [5, 5.41) is 16.9. The number of unbranched alkanes of at least 4 members (excludes halogenated alkanes) is 20. The molecular weight excluding hydrogens is 865 g/mol. The van der Waals surface area contributed by atoms with Crippen molar-refractivity contribution in [3.8, 4) is 0 Å². The number of carboxylic acid groups (broad SMARTS) is 2. The molecule has 0 radical (unpaired) electrons. The number of aromatic carboxylic acids is 2. The Labute approximate surface area is 406 Å². The third-order valence-corrected chi connectivity index (χ3v) is 11.0. The molecule has 0 bridgehead atoms. The van der Waals surface area contributed by atoms with E-state index in [1.165, 1.54) is 127 Å². The monoisotopic (exact) mass is 947 g/mol. The molecule has 0 unspecified atom stereocenters. The number of ether oxygens (including phenoxy) is 4. The van der Waals surface area contributed by atoms with Crippen molar-refractivity contribution >= 4 is 35.8 Å². The lowest BCUT2D eigenvalue weighted by atomic mass is 10.1. The first-order chi connectivity index (χ1) is 33.0. The molecule has 0 atom stereocenters. The average molecular weight is 947 g/mol. The van der Waals surface area contributed by atoms with Crippen molar-refractivity contribution in [1.29, 1.82) is 0 Å². The highest BCUT2D eigenvalue weighted by Crippen LogP contribution is 2.16. The number of esters is 4. The molecule has 68 heavy (non-hydrogen) atoms. The molecule has 3 aromatic rings. The Morgan fingerprint density at radius 2 is 0.500 bits per heavy atom. The Kier molecular flexibility index (Phi) is 36.1. The lowest BCUT2D eigenvalue weighted by Gasteiger charge is -2.10. The first-order valence-corrected chi connectivity index (χ1v) is 25.4. The molecule has 0 spiro atoms. The molecule has 12 nitrogen and oxygen atoms in total. The second-order valence-electron chi connectivity index (χ2n) is 16.9. The summed E-state index contributed by atoms with van der Waals surface area (Å²) in [6.07, 6.45) is 27.3. The molecule has 0 aliphatic carbocycles. The maximum Gasteiger partial charge on any atom is 0.339 e. The third-order valence-electron chi connectivity index (χ3n) is 11.0. The van der Waals surface area contributed by atoms with Gasteiger partial charge in [-0.15, -0.1) is 0 Å². The number of carbonyl (C=O) groups excluding carboxylic acids is 4. The topological polar surface area (TPSA) is 180 Å². The van der Waals surface area contributed by atoms with Crippen molar-refractivity contribution in [2.45, 2.75) is 182 Å². The first kappa shape index (κ1) is 60.5. The van der Waals surface area contributed by atoms with Crippen molar-refractivity contribution in [3.05, 3.63) is 106 Å². The molecule has 0 saturated carbocycles. The van der Waals surface area contributed by atoms with Gasteiger partial charge in [-0.05, 0) is 74.2 Å². The molecule has 12 heteroatoms. The molecular formula is C56H82O12. The number of carboxylic acids is 2. The summed E-state index contributed by atoms with van der Waals surface area (Å²) in [4.78, 5) is 70.1. The van der Waals surface area contributed by atoms with Gasteiger partial charge in [-0.25, -0.2) is 28.8 Å². The zero-order valence-electron chi connectivity index (χ0n) is 41.7. The van der Waals surface area contributed by atoms with Gasteiger partial charge in [0, 0.05) is 0 Å². The van der Waals surface area contributed by atoms with Gasteiger partial charge in [0.15, 0.2) is 0 Å². The van der Waals surface area contributed by atoms with E-state index in [1.807, 2.05) is 0 Å². The first-order valence-electron chi connectivity index (χ1n) is 25.4. The van der Waals surface area contributed by atoms with E-state index < -0.39 is 35.8 Å². The molecule has 0 aliphatic heterocycles. The largest absolute Gasteiger partial charge is 0.478 e. The van der Waals surface area contributed by atoms with Crippen LogP contribution in [0.5, 0.6) is 0 Å². The predicted octanol–water partition coefficient (Wildman–Crippen LogP) is 14.5. The zero-order valence-corrected chi connectivity index (χ0v) is 41.7. The lowest BCUT2D eigenvalue weighted by Crippen LogP contribution is -2.15. The van der Waals surface area contributed by atoms with Gasteiger partial charge in [-0.3, -0.25) is 0 Å². The average Bonchev–Trinajstić information content (AvgIpc) is 3.35. The maximum atomic E-state index is 12.4. The summed E-state index contributed by atoms with van der Waals surface area (Å²) >= 11 is 0. The van der Waals surface area contributed by atoms with Gasteiger partial charge < -0.3 is 29.2 Å². The van der Waals surface area contributed by atoms with Crippen LogP contribution in [0.3, 0.4) is 0 Å². The van der Waals surface area contributed by atoms with Crippen LogP contribution in [0.2, 0.25) is 0 Å². The quantitative estimate of drug-likeness (QED) is 0.0329. The summed E-state index contributed by atoms with van der Waals surface area (Å²) in [6, 6.07) is 18.5. The minimum atomic E-state index is -1.06. The normalized spacial score (nSPS) is 10.4. The zero-order chi connectivity index (χ0) is 50.0. The lowest BCUT2D eigenvalue weighted by molar-refractivity contribution is 0.0450.